The first-order valence-corrected chi connectivity index (χ1v) is 7.60. The van der Waals surface area contributed by atoms with Crippen molar-refractivity contribution in [3.63, 3.8) is 0 Å². The molecule has 1 heterocycles. The Morgan fingerprint density at radius 1 is 1.35 bits per heavy atom. The second-order valence-electron chi connectivity index (χ2n) is 4.33. The van der Waals surface area contributed by atoms with Gasteiger partial charge in [-0.25, -0.2) is 4.68 Å². The Bertz CT molecular complexity index is 569. The molecule has 0 bridgehead atoms. The van der Waals surface area contributed by atoms with E-state index in [1.807, 2.05) is 30.3 Å². The van der Waals surface area contributed by atoms with Crippen LogP contribution in [0.25, 0.3) is 11.3 Å². The lowest BCUT2D eigenvalue weighted by atomic mass is 10.2. The number of rotatable bonds is 6. The minimum absolute atomic E-state index is 0.0990. The SMILES string of the molecule is CCCCOC(=O)Cn1nnc(-c2ccccc2)c1I. The molecule has 0 fully saturated rings. The Morgan fingerprint density at radius 3 is 2.80 bits per heavy atom. The Morgan fingerprint density at radius 2 is 2.10 bits per heavy atom. The minimum Gasteiger partial charge on any atom is -0.464 e. The van der Waals surface area contributed by atoms with Crippen molar-refractivity contribution in [3.05, 3.63) is 34.0 Å². The Hall–Kier alpha value is -1.44. The maximum absolute atomic E-state index is 11.7. The van der Waals surface area contributed by atoms with E-state index in [4.69, 9.17) is 4.74 Å². The summed E-state index contributed by atoms with van der Waals surface area (Å²) in [6.45, 7) is 2.62. The Kier molecular flexibility index (Phi) is 5.51. The van der Waals surface area contributed by atoms with Crippen molar-refractivity contribution in [2.45, 2.75) is 26.3 Å². The van der Waals surface area contributed by atoms with Crippen LogP contribution in [0.2, 0.25) is 0 Å². The molecule has 0 unspecified atom stereocenters. The number of carbonyl (C=O) groups excluding carboxylic acids is 1. The lowest BCUT2D eigenvalue weighted by molar-refractivity contribution is -0.144. The predicted molar refractivity (Wildman–Crippen MR) is 84.0 cm³/mol. The van der Waals surface area contributed by atoms with Crippen molar-refractivity contribution < 1.29 is 9.53 Å². The molecule has 0 radical (unpaired) electrons. The zero-order valence-electron chi connectivity index (χ0n) is 11.3. The topological polar surface area (TPSA) is 57.0 Å². The van der Waals surface area contributed by atoms with Gasteiger partial charge in [0.2, 0.25) is 0 Å². The van der Waals surface area contributed by atoms with E-state index in [1.54, 1.807) is 4.68 Å². The van der Waals surface area contributed by atoms with Gasteiger partial charge in [-0.15, -0.1) is 5.10 Å². The highest BCUT2D eigenvalue weighted by Crippen LogP contribution is 2.22. The number of hydrogen-bond acceptors (Lipinski definition) is 4. The minimum atomic E-state index is -0.277. The van der Waals surface area contributed by atoms with Crippen LogP contribution < -0.4 is 0 Å². The molecule has 0 aliphatic heterocycles. The first-order valence-electron chi connectivity index (χ1n) is 6.52. The van der Waals surface area contributed by atoms with E-state index in [9.17, 15) is 4.79 Å². The van der Waals surface area contributed by atoms with Gasteiger partial charge in [0.1, 0.15) is 15.9 Å². The first kappa shape index (κ1) is 15.0. The fraction of sp³-hybridized carbons (Fsp3) is 0.357. The summed E-state index contributed by atoms with van der Waals surface area (Å²) in [5, 5.41) is 8.15. The molecule has 0 spiro atoms. The summed E-state index contributed by atoms with van der Waals surface area (Å²) in [5.74, 6) is -0.277. The van der Waals surface area contributed by atoms with Crippen molar-refractivity contribution in [3.8, 4) is 11.3 Å². The summed E-state index contributed by atoms with van der Waals surface area (Å²) in [4.78, 5) is 11.7. The third-order valence-electron chi connectivity index (χ3n) is 2.76. The molecule has 0 amide bonds. The van der Waals surface area contributed by atoms with Gasteiger partial charge < -0.3 is 4.74 Å². The number of aromatic nitrogens is 3. The standard InChI is InChI=1S/C14H16IN3O2/c1-2-3-9-20-12(19)10-18-14(15)13(16-17-18)11-7-5-4-6-8-11/h4-8H,2-3,9-10H2,1H3. The Labute approximate surface area is 131 Å². The number of ether oxygens (including phenoxy) is 1. The third kappa shape index (κ3) is 3.78. The summed E-state index contributed by atoms with van der Waals surface area (Å²) in [7, 11) is 0. The van der Waals surface area contributed by atoms with Crippen LogP contribution in [0.15, 0.2) is 30.3 Å². The third-order valence-corrected chi connectivity index (χ3v) is 3.83. The largest absolute Gasteiger partial charge is 0.464 e. The van der Waals surface area contributed by atoms with E-state index >= 15 is 0 Å². The Balaban J connectivity index is 2.04. The summed E-state index contributed by atoms with van der Waals surface area (Å²) in [5.41, 5.74) is 1.77. The molecule has 1 aromatic carbocycles. The fourth-order valence-corrected chi connectivity index (χ4v) is 2.36. The van der Waals surface area contributed by atoms with Crippen LogP contribution in [-0.4, -0.2) is 27.6 Å². The molecule has 20 heavy (non-hydrogen) atoms. The van der Waals surface area contributed by atoms with Gasteiger partial charge in [-0.05, 0) is 29.0 Å². The molecule has 2 aromatic rings. The molecular weight excluding hydrogens is 369 g/mol. The average molecular weight is 385 g/mol. The zero-order chi connectivity index (χ0) is 14.4. The van der Waals surface area contributed by atoms with Gasteiger partial charge in [-0.3, -0.25) is 4.79 Å². The molecule has 0 saturated carbocycles. The van der Waals surface area contributed by atoms with Gasteiger partial charge >= 0.3 is 5.97 Å². The van der Waals surface area contributed by atoms with E-state index < -0.39 is 0 Å². The van der Waals surface area contributed by atoms with Gasteiger partial charge in [0, 0.05) is 5.56 Å². The molecule has 2 rings (SSSR count). The second kappa shape index (κ2) is 7.37. The lowest BCUT2D eigenvalue weighted by Crippen LogP contribution is -2.16. The molecular formula is C14H16IN3O2. The highest BCUT2D eigenvalue weighted by atomic mass is 127. The van der Waals surface area contributed by atoms with Gasteiger partial charge in [0.15, 0.2) is 0 Å². The summed E-state index contributed by atoms with van der Waals surface area (Å²) in [6, 6.07) is 9.78. The smallest absolute Gasteiger partial charge is 0.327 e. The maximum Gasteiger partial charge on any atom is 0.327 e. The van der Waals surface area contributed by atoms with E-state index in [0.29, 0.717) is 6.61 Å². The average Bonchev–Trinajstić information content (AvgIpc) is 2.81. The number of nitrogens with zero attached hydrogens (tertiary/aromatic N) is 3. The van der Waals surface area contributed by atoms with Crippen LogP contribution in [0.3, 0.4) is 0 Å². The quantitative estimate of drug-likeness (QED) is 0.436. The molecule has 0 aliphatic rings. The number of carbonyl (C=O) groups is 1. The van der Waals surface area contributed by atoms with Crippen LogP contribution in [0.4, 0.5) is 0 Å². The van der Waals surface area contributed by atoms with Gasteiger partial charge in [-0.1, -0.05) is 48.9 Å². The second-order valence-corrected chi connectivity index (χ2v) is 5.35. The van der Waals surface area contributed by atoms with E-state index in [1.165, 1.54) is 0 Å². The van der Waals surface area contributed by atoms with Crippen LogP contribution in [0, 0.1) is 3.70 Å². The van der Waals surface area contributed by atoms with Gasteiger partial charge in [0.25, 0.3) is 0 Å². The van der Waals surface area contributed by atoms with E-state index in [-0.39, 0.29) is 12.5 Å². The van der Waals surface area contributed by atoms with E-state index in [2.05, 4.69) is 39.8 Å². The van der Waals surface area contributed by atoms with Crippen molar-refractivity contribution in [1.29, 1.82) is 0 Å². The number of esters is 1. The summed E-state index contributed by atoms with van der Waals surface area (Å²) in [6.07, 6.45) is 1.89. The van der Waals surface area contributed by atoms with Gasteiger partial charge in [-0.2, -0.15) is 0 Å². The highest BCUT2D eigenvalue weighted by molar-refractivity contribution is 14.1. The van der Waals surface area contributed by atoms with Crippen LogP contribution in [0.1, 0.15) is 19.8 Å². The molecule has 5 nitrogen and oxygen atoms in total. The highest BCUT2D eigenvalue weighted by Gasteiger charge is 2.14. The molecule has 0 saturated heterocycles. The van der Waals surface area contributed by atoms with Crippen LogP contribution in [-0.2, 0) is 16.1 Å². The maximum atomic E-state index is 11.7. The number of benzene rings is 1. The van der Waals surface area contributed by atoms with Crippen LogP contribution >= 0.6 is 22.6 Å². The lowest BCUT2D eigenvalue weighted by Gasteiger charge is -2.04. The summed E-state index contributed by atoms with van der Waals surface area (Å²) < 4.78 is 7.53. The van der Waals surface area contributed by atoms with Crippen molar-refractivity contribution in [2.75, 3.05) is 6.61 Å². The first-order chi connectivity index (χ1) is 9.72. The van der Waals surface area contributed by atoms with Crippen molar-refractivity contribution in [1.82, 2.24) is 15.0 Å². The number of hydrogen-bond donors (Lipinski definition) is 0. The zero-order valence-corrected chi connectivity index (χ0v) is 13.4. The van der Waals surface area contributed by atoms with Crippen molar-refractivity contribution in [2.24, 2.45) is 0 Å². The molecule has 6 heteroatoms. The monoisotopic (exact) mass is 385 g/mol. The summed E-state index contributed by atoms with van der Waals surface area (Å²) >= 11 is 2.15. The van der Waals surface area contributed by atoms with Crippen molar-refractivity contribution >= 4 is 28.6 Å². The normalized spacial score (nSPS) is 10.5. The molecule has 0 N–H and O–H groups in total. The van der Waals surface area contributed by atoms with E-state index in [0.717, 1.165) is 27.8 Å². The molecule has 0 atom stereocenters. The molecule has 1 aromatic heterocycles. The van der Waals surface area contributed by atoms with Gasteiger partial charge in [0.05, 0.1) is 6.61 Å². The number of halogens is 1. The fourth-order valence-electron chi connectivity index (χ4n) is 1.67. The number of unbranched alkanes of at least 4 members (excludes halogenated alkanes) is 1. The molecule has 106 valence electrons. The predicted octanol–water partition coefficient (Wildman–Crippen LogP) is 2.89. The van der Waals surface area contributed by atoms with Crippen LogP contribution in [0.5, 0.6) is 0 Å². The molecule has 0 aliphatic carbocycles.